The number of amidine groups is 1. The van der Waals surface area contributed by atoms with Gasteiger partial charge in [-0.25, -0.2) is 13.1 Å². The third-order valence-corrected chi connectivity index (χ3v) is 4.22. The van der Waals surface area contributed by atoms with Crippen LogP contribution in [0.2, 0.25) is 0 Å². The Bertz CT molecular complexity index is 363. The molecule has 0 spiro atoms. The molecule has 0 radical (unpaired) electrons. The minimum atomic E-state index is -3.08. The van der Waals surface area contributed by atoms with E-state index in [9.17, 15) is 8.42 Å². The zero-order chi connectivity index (χ0) is 12.2. The summed E-state index contributed by atoms with van der Waals surface area (Å²) in [5.74, 6) is 1.04. The Hall–Kier alpha value is -0.270. The van der Waals surface area contributed by atoms with Crippen LogP contribution in [0.3, 0.4) is 0 Å². The lowest BCUT2D eigenvalue weighted by atomic mass is 9.97. The van der Waals surface area contributed by atoms with E-state index in [2.05, 4.69) is 28.9 Å². The predicted octanol–water partition coefficient (Wildman–Crippen LogP) is 0.254. The van der Waals surface area contributed by atoms with Crippen molar-refractivity contribution in [3.05, 3.63) is 0 Å². The summed E-state index contributed by atoms with van der Waals surface area (Å²) >= 11 is 1.69. The molecule has 2 N–H and O–H groups in total. The number of nitrogens with zero attached hydrogens (tertiary/aromatic N) is 1. The SMILES string of the molecule is CC1(C)CN=C(NCCNS(C)(=O)=O)SC1. The molecular formula is C9H19N3O2S2. The summed E-state index contributed by atoms with van der Waals surface area (Å²) in [6.45, 7) is 6.15. The van der Waals surface area contributed by atoms with Gasteiger partial charge in [0.1, 0.15) is 0 Å². The molecule has 1 aliphatic heterocycles. The molecule has 0 amide bonds. The first-order valence-corrected chi connectivity index (χ1v) is 8.02. The average molecular weight is 265 g/mol. The summed E-state index contributed by atoms with van der Waals surface area (Å²) in [5, 5.41) is 4.03. The molecule has 0 fully saturated rings. The van der Waals surface area contributed by atoms with Gasteiger partial charge in [0, 0.05) is 25.4 Å². The van der Waals surface area contributed by atoms with Crippen molar-refractivity contribution in [2.75, 3.05) is 31.6 Å². The lowest BCUT2D eigenvalue weighted by Gasteiger charge is -2.27. The molecule has 1 aliphatic rings. The Kier molecular flexibility index (Phi) is 4.63. The van der Waals surface area contributed by atoms with Gasteiger partial charge >= 0.3 is 0 Å². The first kappa shape index (κ1) is 13.8. The summed E-state index contributed by atoms with van der Waals surface area (Å²) in [4.78, 5) is 4.41. The highest BCUT2D eigenvalue weighted by Crippen LogP contribution is 2.26. The highest BCUT2D eigenvalue weighted by Gasteiger charge is 2.22. The van der Waals surface area contributed by atoms with Crippen LogP contribution < -0.4 is 10.0 Å². The van der Waals surface area contributed by atoms with Gasteiger partial charge in [0.25, 0.3) is 0 Å². The summed E-state index contributed by atoms with van der Waals surface area (Å²) < 4.78 is 24.0. The smallest absolute Gasteiger partial charge is 0.208 e. The maximum atomic E-state index is 10.8. The second kappa shape index (κ2) is 5.37. The van der Waals surface area contributed by atoms with Crippen molar-refractivity contribution in [1.29, 1.82) is 0 Å². The molecule has 1 rings (SSSR count). The van der Waals surface area contributed by atoms with E-state index in [0.29, 0.717) is 13.1 Å². The lowest BCUT2D eigenvalue weighted by Crippen LogP contribution is -2.36. The van der Waals surface area contributed by atoms with Gasteiger partial charge in [0.05, 0.1) is 6.26 Å². The molecule has 0 aromatic rings. The third-order valence-electron chi connectivity index (χ3n) is 2.02. The van der Waals surface area contributed by atoms with E-state index >= 15 is 0 Å². The Labute approximate surface area is 102 Å². The van der Waals surface area contributed by atoms with E-state index in [1.54, 1.807) is 11.8 Å². The van der Waals surface area contributed by atoms with Crippen molar-refractivity contribution in [2.45, 2.75) is 13.8 Å². The van der Waals surface area contributed by atoms with Crippen LogP contribution in [-0.4, -0.2) is 45.2 Å². The van der Waals surface area contributed by atoms with Crippen LogP contribution >= 0.6 is 11.8 Å². The average Bonchev–Trinajstić information content (AvgIpc) is 2.13. The van der Waals surface area contributed by atoms with E-state index in [-0.39, 0.29) is 5.41 Å². The molecule has 7 heteroatoms. The van der Waals surface area contributed by atoms with Gasteiger partial charge in [0.2, 0.25) is 10.0 Å². The minimum absolute atomic E-state index is 0.265. The summed E-state index contributed by atoms with van der Waals surface area (Å²) in [7, 11) is -3.08. The summed E-state index contributed by atoms with van der Waals surface area (Å²) in [5.41, 5.74) is 0.265. The highest BCUT2D eigenvalue weighted by molar-refractivity contribution is 8.13. The van der Waals surface area contributed by atoms with Gasteiger partial charge in [-0.3, -0.25) is 4.99 Å². The van der Waals surface area contributed by atoms with E-state index in [1.807, 2.05) is 0 Å². The Balaban J connectivity index is 2.22. The highest BCUT2D eigenvalue weighted by atomic mass is 32.2. The van der Waals surface area contributed by atoms with Gasteiger partial charge in [0.15, 0.2) is 5.17 Å². The molecule has 0 saturated carbocycles. The molecule has 0 bridgehead atoms. The maximum absolute atomic E-state index is 10.8. The maximum Gasteiger partial charge on any atom is 0.208 e. The molecule has 0 aliphatic carbocycles. The van der Waals surface area contributed by atoms with Crippen LogP contribution in [0.4, 0.5) is 0 Å². The third kappa shape index (κ3) is 5.72. The van der Waals surface area contributed by atoms with E-state index in [0.717, 1.165) is 23.7 Å². The van der Waals surface area contributed by atoms with Gasteiger partial charge in [-0.2, -0.15) is 0 Å². The fourth-order valence-corrected chi connectivity index (χ4v) is 2.61. The molecule has 0 unspecified atom stereocenters. The van der Waals surface area contributed by atoms with E-state index < -0.39 is 10.0 Å². The minimum Gasteiger partial charge on any atom is -0.364 e. The van der Waals surface area contributed by atoms with E-state index in [4.69, 9.17) is 0 Å². The Morgan fingerprint density at radius 2 is 2.12 bits per heavy atom. The fraction of sp³-hybridized carbons (Fsp3) is 0.889. The number of thioether (sulfide) groups is 1. The number of aliphatic imine (C=N–C) groups is 1. The van der Waals surface area contributed by atoms with Gasteiger partial charge in [-0.1, -0.05) is 25.6 Å². The quantitative estimate of drug-likeness (QED) is 0.715. The molecule has 1 heterocycles. The topological polar surface area (TPSA) is 70.6 Å². The van der Waals surface area contributed by atoms with Crippen LogP contribution in [0.5, 0.6) is 0 Å². The fourth-order valence-electron chi connectivity index (χ4n) is 1.15. The van der Waals surface area contributed by atoms with Crippen LogP contribution in [0.25, 0.3) is 0 Å². The lowest BCUT2D eigenvalue weighted by molar-refractivity contribution is 0.437. The van der Waals surface area contributed by atoms with Crippen molar-refractivity contribution < 1.29 is 8.42 Å². The molecule has 0 aromatic heterocycles. The van der Waals surface area contributed by atoms with Crippen LogP contribution in [0.15, 0.2) is 4.99 Å². The van der Waals surface area contributed by atoms with Gasteiger partial charge in [-0.15, -0.1) is 0 Å². The van der Waals surface area contributed by atoms with Crippen LogP contribution in [0, 0.1) is 5.41 Å². The normalized spacial score (nSPS) is 20.3. The Morgan fingerprint density at radius 1 is 1.44 bits per heavy atom. The monoisotopic (exact) mass is 265 g/mol. The molecule has 94 valence electrons. The molecule has 0 atom stereocenters. The molecule has 0 saturated heterocycles. The standard InChI is InChI=1S/C9H19N3O2S2/c1-9(2)6-11-8(15-7-9)10-4-5-12-16(3,13)14/h12H,4-7H2,1-3H3,(H,10,11). The number of sulfonamides is 1. The number of nitrogens with one attached hydrogen (secondary N) is 2. The van der Waals surface area contributed by atoms with E-state index in [1.165, 1.54) is 0 Å². The number of hydrogen-bond donors (Lipinski definition) is 2. The first-order valence-electron chi connectivity index (χ1n) is 5.14. The van der Waals surface area contributed by atoms with Gasteiger partial charge < -0.3 is 5.32 Å². The molecule has 5 nitrogen and oxygen atoms in total. The number of hydrogen-bond acceptors (Lipinski definition) is 5. The number of rotatable bonds is 4. The summed E-state index contributed by atoms with van der Waals surface area (Å²) in [6, 6.07) is 0. The molecule has 0 aromatic carbocycles. The first-order chi connectivity index (χ1) is 7.29. The van der Waals surface area contributed by atoms with Crippen molar-refractivity contribution in [3.63, 3.8) is 0 Å². The van der Waals surface area contributed by atoms with Crippen molar-refractivity contribution in [3.8, 4) is 0 Å². The zero-order valence-electron chi connectivity index (χ0n) is 9.91. The summed E-state index contributed by atoms with van der Waals surface area (Å²) in [6.07, 6.45) is 1.16. The van der Waals surface area contributed by atoms with Crippen molar-refractivity contribution in [1.82, 2.24) is 10.0 Å². The van der Waals surface area contributed by atoms with Crippen LogP contribution in [0.1, 0.15) is 13.8 Å². The van der Waals surface area contributed by atoms with Crippen molar-refractivity contribution in [2.24, 2.45) is 10.4 Å². The largest absolute Gasteiger partial charge is 0.364 e. The van der Waals surface area contributed by atoms with Crippen LogP contribution in [-0.2, 0) is 10.0 Å². The molecule has 16 heavy (non-hydrogen) atoms. The second-order valence-corrected chi connectivity index (χ2v) is 7.46. The van der Waals surface area contributed by atoms with Crippen molar-refractivity contribution >= 4 is 27.0 Å². The zero-order valence-corrected chi connectivity index (χ0v) is 11.5. The molecular weight excluding hydrogens is 246 g/mol. The second-order valence-electron chi connectivity index (χ2n) is 4.67. The predicted molar refractivity (Wildman–Crippen MR) is 69.4 cm³/mol. The Morgan fingerprint density at radius 3 is 2.62 bits per heavy atom. The van der Waals surface area contributed by atoms with Gasteiger partial charge in [-0.05, 0) is 5.41 Å².